The second-order valence-corrected chi connectivity index (χ2v) is 8.55. The highest BCUT2D eigenvalue weighted by Crippen LogP contribution is 2.24. The van der Waals surface area contributed by atoms with E-state index in [1.807, 2.05) is 6.92 Å². The molecule has 0 unspecified atom stereocenters. The summed E-state index contributed by atoms with van der Waals surface area (Å²) in [7, 11) is 3.74. The van der Waals surface area contributed by atoms with Crippen molar-refractivity contribution in [2.75, 3.05) is 14.2 Å². The molecule has 1 aromatic carbocycles. The van der Waals surface area contributed by atoms with Crippen molar-refractivity contribution in [3.05, 3.63) is 52.8 Å². The lowest BCUT2D eigenvalue weighted by Crippen LogP contribution is -2.42. The monoisotopic (exact) mass is 502 g/mol. The van der Waals surface area contributed by atoms with Crippen molar-refractivity contribution < 1.29 is 39.5 Å². The van der Waals surface area contributed by atoms with Gasteiger partial charge in [-0.2, -0.15) is 5.10 Å². The van der Waals surface area contributed by atoms with E-state index < -0.39 is 36.4 Å². The van der Waals surface area contributed by atoms with E-state index in [0.29, 0.717) is 5.88 Å². The van der Waals surface area contributed by atoms with Crippen LogP contribution in [-0.2, 0) is 27.5 Å². The number of aliphatic hydroxyl groups is 1. The Hall–Kier alpha value is -4.03. The van der Waals surface area contributed by atoms with Crippen molar-refractivity contribution in [1.82, 2.24) is 20.1 Å². The molecule has 0 fully saturated rings. The molecule has 0 bridgehead atoms. The summed E-state index contributed by atoms with van der Waals surface area (Å²) in [5.74, 6) is -4.33. The average molecular weight is 503 g/mol. The van der Waals surface area contributed by atoms with Crippen molar-refractivity contribution >= 4 is 28.8 Å². The molecule has 3 aromatic rings. The summed E-state index contributed by atoms with van der Waals surface area (Å²) in [5, 5.41) is 42.2. The van der Waals surface area contributed by atoms with Crippen molar-refractivity contribution in [3.63, 3.8) is 0 Å². The van der Waals surface area contributed by atoms with Gasteiger partial charge in [0.2, 0.25) is 5.88 Å². The quantitative estimate of drug-likeness (QED) is 0.273. The fraction of sp³-hybridized carbons (Fsp3) is 0.375. The van der Waals surface area contributed by atoms with Crippen LogP contribution >= 0.6 is 0 Å². The minimum atomic E-state index is -2.74. The molecular formula is C24H30N4O8. The lowest BCUT2D eigenvalue weighted by molar-refractivity contribution is -0.170. The van der Waals surface area contributed by atoms with Gasteiger partial charge in [-0.05, 0) is 44.7 Å². The average Bonchev–Trinajstić information content (AvgIpc) is 3.16. The Labute approximate surface area is 207 Å². The van der Waals surface area contributed by atoms with Gasteiger partial charge in [0.05, 0.1) is 31.2 Å². The molecule has 0 saturated carbocycles. The number of hydrogen-bond acceptors (Lipinski definition) is 8. The van der Waals surface area contributed by atoms with Crippen molar-refractivity contribution in [3.8, 4) is 5.88 Å². The number of aromatic amines is 1. The molecule has 194 valence electrons. The second-order valence-electron chi connectivity index (χ2n) is 8.55. The van der Waals surface area contributed by atoms with E-state index >= 15 is 0 Å². The smallest absolute Gasteiger partial charge is 0.336 e. The van der Waals surface area contributed by atoms with Crippen LogP contribution in [0.15, 0.2) is 30.3 Å². The van der Waals surface area contributed by atoms with Crippen LogP contribution in [0.25, 0.3) is 10.9 Å². The van der Waals surface area contributed by atoms with E-state index in [9.17, 15) is 14.4 Å². The molecule has 0 saturated heterocycles. The number of fused-ring (bicyclic) bond motifs is 1. The van der Waals surface area contributed by atoms with Crippen LogP contribution in [0.5, 0.6) is 5.88 Å². The largest absolute Gasteiger partial charge is 0.481 e. The zero-order valence-corrected chi connectivity index (χ0v) is 20.5. The number of rotatable bonds is 10. The standard InChI is InChI=1S/C18H22N4O.C6H8O7/c1-12-5-6-14-9-15(18(23-4)19-17(14)7-12)10-22(3)11-16-8-13(2)20-21-16;7-3(8)1-6(13,5(11)12)2-4(9)10/h5-9H,10-11H2,1-4H3,(H,20,21);13H,1-2H2,(H,7,8)(H,9,10)(H,11,12). The minimum Gasteiger partial charge on any atom is -0.481 e. The maximum Gasteiger partial charge on any atom is 0.336 e. The summed E-state index contributed by atoms with van der Waals surface area (Å²) in [5.41, 5.74) is 2.63. The maximum absolute atomic E-state index is 10.3. The molecule has 36 heavy (non-hydrogen) atoms. The van der Waals surface area contributed by atoms with E-state index in [4.69, 9.17) is 25.2 Å². The third-order valence-electron chi connectivity index (χ3n) is 5.12. The molecule has 0 amide bonds. The number of carboxylic acids is 3. The fourth-order valence-electron chi connectivity index (χ4n) is 3.49. The van der Waals surface area contributed by atoms with Crippen LogP contribution in [0.1, 0.15) is 35.4 Å². The maximum atomic E-state index is 10.3. The SMILES string of the molecule is COc1nc2cc(C)ccc2cc1CN(C)Cc1cc(C)[nH]n1.O=C(O)CC(O)(CC(=O)O)C(=O)O. The van der Waals surface area contributed by atoms with Gasteiger partial charge in [0.1, 0.15) is 0 Å². The number of nitrogens with zero attached hydrogens (tertiary/aromatic N) is 3. The molecule has 0 aliphatic heterocycles. The lowest BCUT2D eigenvalue weighted by Gasteiger charge is -2.18. The highest BCUT2D eigenvalue weighted by Gasteiger charge is 2.40. The highest BCUT2D eigenvalue weighted by atomic mass is 16.5. The van der Waals surface area contributed by atoms with Gasteiger partial charge in [-0.1, -0.05) is 12.1 Å². The van der Waals surface area contributed by atoms with Gasteiger partial charge in [-0.15, -0.1) is 0 Å². The van der Waals surface area contributed by atoms with Crippen molar-refractivity contribution in [2.24, 2.45) is 0 Å². The molecule has 0 atom stereocenters. The first-order chi connectivity index (χ1) is 16.8. The number of aliphatic carboxylic acids is 3. The minimum absolute atomic E-state index is 0.688. The second kappa shape index (κ2) is 12.1. The first-order valence-corrected chi connectivity index (χ1v) is 10.9. The van der Waals surface area contributed by atoms with Crippen LogP contribution < -0.4 is 4.74 Å². The summed E-state index contributed by atoms with van der Waals surface area (Å²) < 4.78 is 5.49. The van der Waals surface area contributed by atoms with Gasteiger partial charge in [0, 0.05) is 29.7 Å². The fourth-order valence-corrected chi connectivity index (χ4v) is 3.49. The normalized spacial score (nSPS) is 11.2. The van der Waals surface area contributed by atoms with E-state index in [0.717, 1.165) is 40.9 Å². The topological polar surface area (TPSA) is 186 Å². The number of aryl methyl sites for hydroxylation is 2. The van der Waals surface area contributed by atoms with E-state index in [-0.39, 0.29) is 0 Å². The molecule has 2 aromatic heterocycles. The number of benzene rings is 1. The predicted molar refractivity (Wildman–Crippen MR) is 129 cm³/mol. The Morgan fingerprint density at radius 2 is 1.67 bits per heavy atom. The Bertz CT molecular complexity index is 1220. The Morgan fingerprint density at radius 3 is 2.17 bits per heavy atom. The van der Waals surface area contributed by atoms with Crippen LogP contribution in [0, 0.1) is 13.8 Å². The lowest BCUT2D eigenvalue weighted by atomic mass is 9.96. The number of methoxy groups -OCH3 is 1. The predicted octanol–water partition coefficient (Wildman–Crippen LogP) is 1.97. The summed E-state index contributed by atoms with van der Waals surface area (Å²) in [6.45, 7) is 5.61. The third-order valence-corrected chi connectivity index (χ3v) is 5.12. The number of carboxylic acid groups (broad SMARTS) is 3. The molecular weight excluding hydrogens is 472 g/mol. The summed E-state index contributed by atoms with van der Waals surface area (Å²) in [6, 6.07) is 10.5. The first-order valence-electron chi connectivity index (χ1n) is 10.9. The number of nitrogens with one attached hydrogen (secondary N) is 1. The third kappa shape index (κ3) is 8.03. The number of hydrogen-bond donors (Lipinski definition) is 5. The molecule has 3 rings (SSSR count). The Morgan fingerprint density at radius 1 is 1.03 bits per heavy atom. The van der Waals surface area contributed by atoms with Gasteiger partial charge >= 0.3 is 17.9 Å². The molecule has 0 spiro atoms. The van der Waals surface area contributed by atoms with Gasteiger partial charge in [0.15, 0.2) is 5.60 Å². The molecule has 0 radical (unpaired) electrons. The summed E-state index contributed by atoms with van der Waals surface area (Å²) in [6.07, 6.45) is -2.29. The number of pyridine rings is 1. The van der Waals surface area contributed by atoms with Gasteiger partial charge in [0.25, 0.3) is 0 Å². The first kappa shape index (κ1) is 28.2. The van der Waals surface area contributed by atoms with Crippen LogP contribution in [0.2, 0.25) is 0 Å². The Balaban J connectivity index is 0.000000302. The van der Waals surface area contributed by atoms with Gasteiger partial charge < -0.3 is 25.2 Å². The number of H-pyrrole nitrogens is 1. The van der Waals surface area contributed by atoms with Crippen molar-refractivity contribution in [1.29, 1.82) is 0 Å². The number of aromatic nitrogens is 3. The van der Waals surface area contributed by atoms with Crippen LogP contribution in [0.4, 0.5) is 0 Å². The van der Waals surface area contributed by atoms with Gasteiger partial charge in [-0.3, -0.25) is 19.6 Å². The summed E-state index contributed by atoms with van der Waals surface area (Å²) >= 11 is 0. The van der Waals surface area contributed by atoms with Crippen LogP contribution in [-0.4, -0.2) is 78.2 Å². The number of ether oxygens (including phenoxy) is 1. The van der Waals surface area contributed by atoms with E-state index in [1.165, 1.54) is 5.56 Å². The highest BCUT2D eigenvalue weighted by molar-refractivity contribution is 5.88. The Kier molecular flexibility index (Phi) is 9.47. The zero-order chi connectivity index (χ0) is 27.0. The molecule has 2 heterocycles. The van der Waals surface area contributed by atoms with E-state index in [2.05, 4.69) is 64.4 Å². The van der Waals surface area contributed by atoms with Crippen LogP contribution in [0.3, 0.4) is 0 Å². The zero-order valence-electron chi connectivity index (χ0n) is 20.5. The van der Waals surface area contributed by atoms with E-state index in [1.54, 1.807) is 7.11 Å². The summed E-state index contributed by atoms with van der Waals surface area (Å²) in [4.78, 5) is 37.3. The number of carbonyl (C=O) groups is 3. The molecule has 5 N–H and O–H groups in total. The molecule has 0 aliphatic carbocycles. The molecule has 12 nitrogen and oxygen atoms in total. The van der Waals surface area contributed by atoms with Gasteiger partial charge in [-0.25, -0.2) is 9.78 Å². The van der Waals surface area contributed by atoms with Crippen molar-refractivity contribution in [2.45, 2.75) is 45.4 Å². The molecule has 12 heteroatoms. The molecule has 0 aliphatic rings.